The zero-order chi connectivity index (χ0) is 15.0. The summed E-state index contributed by atoms with van der Waals surface area (Å²) >= 11 is 17.4. The topological polar surface area (TPSA) is 54.9 Å². The molecule has 2 aromatic carbocycles. The summed E-state index contributed by atoms with van der Waals surface area (Å²) in [5, 5.41) is 3.47. The standard InChI is InChI=1S/C13H7Cl2N3OS2/c14-8-2-1-6(20)5-7(8)13(19)16-11-9(15)3-4-10-12(11)18-21-17-10/h1-5,20H,(H,16,19). The highest BCUT2D eigenvalue weighted by atomic mass is 35.5. The van der Waals surface area contributed by atoms with Gasteiger partial charge in [-0.3, -0.25) is 4.79 Å². The Balaban J connectivity index is 2.02. The van der Waals surface area contributed by atoms with Gasteiger partial charge in [-0.1, -0.05) is 23.2 Å². The number of benzene rings is 2. The summed E-state index contributed by atoms with van der Waals surface area (Å²) in [6, 6.07) is 8.33. The van der Waals surface area contributed by atoms with E-state index in [1.165, 1.54) is 0 Å². The molecule has 0 saturated heterocycles. The van der Waals surface area contributed by atoms with Gasteiger partial charge in [0.1, 0.15) is 11.0 Å². The first kappa shape index (κ1) is 14.6. The minimum Gasteiger partial charge on any atom is -0.319 e. The van der Waals surface area contributed by atoms with Gasteiger partial charge < -0.3 is 5.32 Å². The molecule has 0 saturated carbocycles. The highest BCUT2D eigenvalue weighted by molar-refractivity contribution is 7.80. The minimum absolute atomic E-state index is 0.320. The molecule has 1 amide bonds. The van der Waals surface area contributed by atoms with Crippen molar-refractivity contribution in [2.75, 3.05) is 5.32 Å². The molecule has 0 aliphatic carbocycles. The molecule has 4 nitrogen and oxygen atoms in total. The quantitative estimate of drug-likeness (QED) is 0.663. The Labute approximate surface area is 139 Å². The Kier molecular flexibility index (Phi) is 4.03. The lowest BCUT2D eigenvalue weighted by atomic mass is 10.2. The molecule has 0 bridgehead atoms. The van der Waals surface area contributed by atoms with Crippen LogP contribution < -0.4 is 5.32 Å². The van der Waals surface area contributed by atoms with E-state index in [0.29, 0.717) is 37.2 Å². The number of aromatic nitrogens is 2. The molecule has 3 rings (SSSR count). The molecule has 0 unspecified atom stereocenters. The van der Waals surface area contributed by atoms with Gasteiger partial charge in [-0.15, -0.1) is 12.6 Å². The van der Waals surface area contributed by atoms with Gasteiger partial charge in [0.15, 0.2) is 0 Å². The summed E-state index contributed by atoms with van der Waals surface area (Å²) in [5.74, 6) is -0.377. The summed E-state index contributed by atoms with van der Waals surface area (Å²) in [5.41, 5.74) is 1.97. The van der Waals surface area contributed by atoms with Crippen LogP contribution in [0.25, 0.3) is 11.0 Å². The SMILES string of the molecule is O=C(Nc1c(Cl)ccc2nsnc12)c1cc(S)ccc1Cl. The van der Waals surface area contributed by atoms with Crippen molar-refractivity contribution in [2.24, 2.45) is 0 Å². The monoisotopic (exact) mass is 355 g/mol. The van der Waals surface area contributed by atoms with Crippen molar-refractivity contribution in [1.29, 1.82) is 0 Å². The molecule has 1 aromatic heterocycles. The molecule has 21 heavy (non-hydrogen) atoms. The van der Waals surface area contributed by atoms with Gasteiger partial charge in [-0.05, 0) is 30.3 Å². The number of fused-ring (bicyclic) bond motifs is 1. The number of anilines is 1. The molecule has 0 atom stereocenters. The van der Waals surface area contributed by atoms with Gasteiger partial charge in [0, 0.05) is 4.90 Å². The third kappa shape index (κ3) is 2.85. The third-order valence-electron chi connectivity index (χ3n) is 2.81. The van der Waals surface area contributed by atoms with Crippen LogP contribution in [0.3, 0.4) is 0 Å². The van der Waals surface area contributed by atoms with Crippen LogP contribution in [-0.4, -0.2) is 14.7 Å². The number of rotatable bonds is 2. The van der Waals surface area contributed by atoms with Crippen LogP contribution in [0.5, 0.6) is 0 Å². The molecule has 106 valence electrons. The van der Waals surface area contributed by atoms with Crippen LogP contribution in [0.2, 0.25) is 10.0 Å². The van der Waals surface area contributed by atoms with E-state index in [4.69, 9.17) is 23.2 Å². The Morgan fingerprint density at radius 1 is 1.14 bits per heavy atom. The molecule has 0 aliphatic rings. The molecular weight excluding hydrogens is 349 g/mol. The van der Waals surface area contributed by atoms with Crippen molar-refractivity contribution in [1.82, 2.24) is 8.75 Å². The fourth-order valence-corrected chi connectivity index (χ4v) is 2.96. The van der Waals surface area contributed by atoms with Crippen LogP contribution >= 0.6 is 47.6 Å². The molecule has 0 spiro atoms. The van der Waals surface area contributed by atoms with E-state index < -0.39 is 0 Å². The normalized spacial score (nSPS) is 10.8. The molecule has 0 fully saturated rings. The largest absolute Gasteiger partial charge is 0.319 e. The average molecular weight is 356 g/mol. The van der Waals surface area contributed by atoms with E-state index in [9.17, 15) is 4.79 Å². The number of amides is 1. The number of nitrogens with one attached hydrogen (secondary N) is 1. The molecular formula is C13H7Cl2N3OS2. The predicted octanol–water partition coefficient (Wildman–Crippen LogP) is 4.54. The molecule has 0 aliphatic heterocycles. The highest BCUT2D eigenvalue weighted by Crippen LogP contribution is 2.31. The first-order valence-electron chi connectivity index (χ1n) is 5.77. The lowest BCUT2D eigenvalue weighted by Gasteiger charge is -2.09. The lowest BCUT2D eigenvalue weighted by molar-refractivity contribution is 0.102. The van der Waals surface area contributed by atoms with Crippen molar-refractivity contribution in [3.05, 3.63) is 45.9 Å². The van der Waals surface area contributed by atoms with Crippen LogP contribution in [0.15, 0.2) is 35.2 Å². The number of nitrogens with zero attached hydrogens (tertiary/aromatic N) is 2. The van der Waals surface area contributed by atoms with Crippen molar-refractivity contribution >= 4 is 70.2 Å². The van der Waals surface area contributed by atoms with Crippen molar-refractivity contribution in [3.63, 3.8) is 0 Å². The first-order chi connectivity index (χ1) is 10.1. The molecule has 0 radical (unpaired) electrons. The second kappa shape index (κ2) is 5.81. The highest BCUT2D eigenvalue weighted by Gasteiger charge is 2.16. The number of hydrogen-bond donors (Lipinski definition) is 2. The fraction of sp³-hybridized carbons (Fsp3) is 0. The average Bonchev–Trinajstić information content (AvgIpc) is 2.93. The number of hydrogen-bond acceptors (Lipinski definition) is 5. The van der Waals surface area contributed by atoms with E-state index in [0.717, 1.165) is 11.7 Å². The van der Waals surface area contributed by atoms with Gasteiger partial charge in [0.05, 0.1) is 33.0 Å². The number of halogens is 2. The second-order valence-corrected chi connectivity index (χ2v) is 6.03. The zero-order valence-corrected chi connectivity index (χ0v) is 13.5. The third-order valence-corrected chi connectivity index (χ3v) is 4.28. The van der Waals surface area contributed by atoms with E-state index in [2.05, 4.69) is 26.7 Å². The van der Waals surface area contributed by atoms with Gasteiger partial charge in [-0.25, -0.2) is 0 Å². The van der Waals surface area contributed by atoms with Crippen LogP contribution in [0, 0.1) is 0 Å². The minimum atomic E-state index is -0.377. The first-order valence-corrected chi connectivity index (χ1v) is 7.70. The Morgan fingerprint density at radius 3 is 2.71 bits per heavy atom. The molecule has 3 aromatic rings. The van der Waals surface area contributed by atoms with Gasteiger partial charge in [-0.2, -0.15) is 8.75 Å². The lowest BCUT2D eigenvalue weighted by Crippen LogP contribution is -2.13. The number of carbonyl (C=O) groups excluding carboxylic acids is 1. The van der Waals surface area contributed by atoms with Crippen molar-refractivity contribution in [2.45, 2.75) is 4.90 Å². The Bertz CT molecular complexity index is 851. The van der Waals surface area contributed by atoms with Crippen molar-refractivity contribution in [3.8, 4) is 0 Å². The maximum Gasteiger partial charge on any atom is 0.257 e. The summed E-state index contributed by atoms with van der Waals surface area (Å²) in [4.78, 5) is 13.0. The number of carbonyl (C=O) groups is 1. The van der Waals surface area contributed by atoms with Crippen LogP contribution in [-0.2, 0) is 0 Å². The summed E-state index contributed by atoms with van der Waals surface area (Å²) in [7, 11) is 0. The van der Waals surface area contributed by atoms with Crippen LogP contribution in [0.4, 0.5) is 5.69 Å². The fourth-order valence-electron chi connectivity index (χ4n) is 1.81. The van der Waals surface area contributed by atoms with Gasteiger partial charge in [0.2, 0.25) is 0 Å². The molecule has 1 heterocycles. The van der Waals surface area contributed by atoms with E-state index in [1.54, 1.807) is 30.3 Å². The Morgan fingerprint density at radius 2 is 1.90 bits per heavy atom. The Hall–Kier alpha value is -1.34. The van der Waals surface area contributed by atoms with E-state index in [-0.39, 0.29) is 5.91 Å². The molecule has 1 N–H and O–H groups in total. The van der Waals surface area contributed by atoms with Crippen LogP contribution in [0.1, 0.15) is 10.4 Å². The smallest absolute Gasteiger partial charge is 0.257 e. The maximum atomic E-state index is 12.4. The zero-order valence-electron chi connectivity index (χ0n) is 10.3. The summed E-state index contributed by atoms with van der Waals surface area (Å²) in [6.45, 7) is 0. The summed E-state index contributed by atoms with van der Waals surface area (Å²) < 4.78 is 8.26. The number of thiol groups is 1. The van der Waals surface area contributed by atoms with E-state index >= 15 is 0 Å². The summed E-state index contributed by atoms with van der Waals surface area (Å²) in [6.07, 6.45) is 0. The second-order valence-electron chi connectivity index (χ2n) is 4.17. The van der Waals surface area contributed by atoms with Crippen molar-refractivity contribution < 1.29 is 4.79 Å². The van der Waals surface area contributed by atoms with Gasteiger partial charge >= 0.3 is 0 Å². The van der Waals surface area contributed by atoms with E-state index in [1.807, 2.05) is 0 Å². The predicted molar refractivity (Wildman–Crippen MR) is 89.1 cm³/mol. The molecule has 8 heteroatoms. The maximum absolute atomic E-state index is 12.4. The van der Waals surface area contributed by atoms with Gasteiger partial charge in [0.25, 0.3) is 5.91 Å².